The molecule has 0 aromatic heterocycles. The maximum absolute atomic E-state index is 12.0. The Hall–Kier alpha value is -1.68. The van der Waals surface area contributed by atoms with E-state index < -0.39 is 11.4 Å². The molecule has 19 heavy (non-hydrogen) atoms. The molecule has 0 saturated carbocycles. The second-order valence-electron chi connectivity index (χ2n) is 5.47. The zero-order chi connectivity index (χ0) is 13.5. The van der Waals surface area contributed by atoms with E-state index in [1.54, 1.807) is 0 Å². The highest BCUT2D eigenvalue weighted by Crippen LogP contribution is 2.48. The maximum Gasteiger partial charge on any atom is 0.320 e. The number of carbonyl (C=O) groups excluding carboxylic acids is 2. The van der Waals surface area contributed by atoms with Crippen molar-refractivity contribution in [2.45, 2.75) is 38.4 Å². The van der Waals surface area contributed by atoms with Crippen molar-refractivity contribution in [1.29, 1.82) is 0 Å². The van der Waals surface area contributed by atoms with E-state index in [2.05, 4.69) is 0 Å². The van der Waals surface area contributed by atoms with Crippen LogP contribution in [0.1, 0.15) is 37.9 Å². The minimum Gasteiger partial charge on any atom is -0.393 e. The molecular weight excluding hydrogens is 244 g/mol. The monoisotopic (exact) mass is 260 g/mol. The predicted molar refractivity (Wildman–Crippen MR) is 67.1 cm³/mol. The van der Waals surface area contributed by atoms with E-state index >= 15 is 0 Å². The molecule has 1 aromatic rings. The van der Waals surface area contributed by atoms with Crippen molar-refractivity contribution in [1.82, 2.24) is 0 Å². The fourth-order valence-corrected chi connectivity index (χ4v) is 3.14. The fourth-order valence-electron chi connectivity index (χ4n) is 3.14. The quantitative estimate of drug-likeness (QED) is 0.574. The molecule has 1 spiro atoms. The van der Waals surface area contributed by atoms with E-state index in [0.717, 1.165) is 5.56 Å². The van der Waals surface area contributed by atoms with Gasteiger partial charge >= 0.3 is 11.9 Å². The number of cyclic esters (lactones) is 2. The summed E-state index contributed by atoms with van der Waals surface area (Å²) in [7, 11) is 0. The van der Waals surface area contributed by atoms with Gasteiger partial charge in [0.15, 0.2) is 0 Å². The SMILES string of the molecule is C[C@@H]1C[C@@]2(CC(=O)OC2=O)C[C@@H](c2ccccc2)O1. The molecule has 0 radical (unpaired) electrons. The second kappa shape index (κ2) is 4.46. The molecule has 0 bridgehead atoms. The Kier molecular flexibility index (Phi) is 2.90. The van der Waals surface area contributed by atoms with Gasteiger partial charge in [0.2, 0.25) is 0 Å². The van der Waals surface area contributed by atoms with E-state index in [0.29, 0.717) is 12.8 Å². The lowest BCUT2D eigenvalue weighted by Gasteiger charge is -2.38. The van der Waals surface area contributed by atoms with Gasteiger partial charge in [0, 0.05) is 0 Å². The van der Waals surface area contributed by atoms with E-state index in [1.807, 2.05) is 37.3 Å². The van der Waals surface area contributed by atoms with Gasteiger partial charge in [0.25, 0.3) is 0 Å². The molecule has 2 aliphatic heterocycles. The number of rotatable bonds is 1. The number of hydrogen-bond acceptors (Lipinski definition) is 4. The molecule has 0 amide bonds. The first-order chi connectivity index (χ1) is 9.09. The second-order valence-corrected chi connectivity index (χ2v) is 5.47. The summed E-state index contributed by atoms with van der Waals surface area (Å²) in [4.78, 5) is 23.4. The number of hydrogen-bond donors (Lipinski definition) is 0. The van der Waals surface area contributed by atoms with E-state index in [4.69, 9.17) is 9.47 Å². The van der Waals surface area contributed by atoms with Crippen LogP contribution in [-0.2, 0) is 19.1 Å². The topological polar surface area (TPSA) is 52.6 Å². The molecular formula is C15H16O4. The smallest absolute Gasteiger partial charge is 0.320 e. The van der Waals surface area contributed by atoms with Gasteiger partial charge in [-0.05, 0) is 25.3 Å². The standard InChI is InChI=1S/C15H16O4/c1-10-7-15(9-13(16)19-14(15)17)8-12(18-10)11-5-3-2-4-6-11/h2-6,10,12H,7-9H2,1H3/t10-,12+,15+/m1/s1. The molecule has 4 nitrogen and oxygen atoms in total. The third-order valence-corrected chi connectivity index (χ3v) is 3.94. The number of benzene rings is 1. The Morgan fingerprint density at radius 1 is 1.16 bits per heavy atom. The van der Waals surface area contributed by atoms with Gasteiger partial charge in [0.05, 0.1) is 24.0 Å². The number of esters is 2. The Labute approximate surface area is 111 Å². The summed E-state index contributed by atoms with van der Waals surface area (Å²) in [6, 6.07) is 9.81. The minimum atomic E-state index is -0.685. The largest absolute Gasteiger partial charge is 0.393 e. The Bertz CT molecular complexity index is 510. The first-order valence-electron chi connectivity index (χ1n) is 6.55. The molecule has 1 aromatic carbocycles. The third kappa shape index (κ3) is 2.16. The average Bonchev–Trinajstić information content (AvgIpc) is 2.63. The van der Waals surface area contributed by atoms with Gasteiger partial charge in [-0.15, -0.1) is 0 Å². The van der Waals surface area contributed by atoms with Crippen LogP contribution >= 0.6 is 0 Å². The first kappa shape index (κ1) is 12.4. The van der Waals surface area contributed by atoms with Gasteiger partial charge in [-0.25, -0.2) is 0 Å². The van der Waals surface area contributed by atoms with Crippen LogP contribution < -0.4 is 0 Å². The highest BCUT2D eigenvalue weighted by atomic mass is 16.6. The lowest BCUT2D eigenvalue weighted by Crippen LogP contribution is -2.39. The summed E-state index contributed by atoms with van der Waals surface area (Å²) in [5, 5.41) is 0. The van der Waals surface area contributed by atoms with Crippen molar-refractivity contribution >= 4 is 11.9 Å². The highest BCUT2D eigenvalue weighted by molar-refractivity contribution is 5.97. The fraction of sp³-hybridized carbons (Fsp3) is 0.467. The molecule has 3 rings (SSSR count). The van der Waals surface area contributed by atoms with E-state index in [-0.39, 0.29) is 24.6 Å². The zero-order valence-corrected chi connectivity index (χ0v) is 10.8. The number of carbonyl (C=O) groups is 2. The van der Waals surface area contributed by atoms with Crippen LogP contribution in [0.25, 0.3) is 0 Å². The summed E-state index contributed by atoms with van der Waals surface area (Å²) in [5.41, 5.74) is 0.357. The lowest BCUT2D eigenvalue weighted by molar-refractivity contribution is -0.162. The van der Waals surface area contributed by atoms with Crippen LogP contribution in [0.3, 0.4) is 0 Å². The molecule has 2 aliphatic rings. The Morgan fingerprint density at radius 3 is 2.53 bits per heavy atom. The molecule has 2 fully saturated rings. The van der Waals surface area contributed by atoms with E-state index in [9.17, 15) is 9.59 Å². The number of ether oxygens (including phenoxy) is 2. The van der Waals surface area contributed by atoms with Gasteiger partial charge in [0.1, 0.15) is 0 Å². The van der Waals surface area contributed by atoms with Gasteiger partial charge < -0.3 is 9.47 Å². The highest BCUT2D eigenvalue weighted by Gasteiger charge is 2.53. The summed E-state index contributed by atoms with van der Waals surface area (Å²) in [5.74, 6) is -0.792. The third-order valence-electron chi connectivity index (χ3n) is 3.94. The van der Waals surface area contributed by atoms with Crippen LogP contribution in [0, 0.1) is 5.41 Å². The summed E-state index contributed by atoms with van der Waals surface area (Å²) in [6.07, 6.45) is 1.05. The molecule has 0 aliphatic carbocycles. The van der Waals surface area contributed by atoms with Crippen molar-refractivity contribution in [2.24, 2.45) is 5.41 Å². The Morgan fingerprint density at radius 2 is 1.89 bits per heavy atom. The molecule has 4 heteroatoms. The van der Waals surface area contributed by atoms with Crippen molar-refractivity contribution in [3.05, 3.63) is 35.9 Å². The van der Waals surface area contributed by atoms with Crippen LogP contribution in [0.15, 0.2) is 30.3 Å². The maximum atomic E-state index is 12.0. The lowest BCUT2D eigenvalue weighted by atomic mass is 9.73. The molecule has 2 heterocycles. The van der Waals surface area contributed by atoms with Crippen LogP contribution in [0.4, 0.5) is 0 Å². The molecule has 2 saturated heterocycles. The average molecular weight is 260 g/mol. The summed E-state index contributed by atoms with van der Waals surface area (Å²) >= 11 is 0. The van der Waals surface area contributed by atoms with Crippen molar-refractivity contribution in [2.75, 3.05) is 0 Å². The van der Waals surface area contributed by atoms with Crippen LogP contribution in [0.5, 0.6) is 0 Å². The zero-order valence-electron chi connectivity index (χ0n) is 10.8. The predicted octanol–water partition coefficient (Wildman–Crippen LogP) is 2.39. The Balaban J connectivity index is 1.89. The summed E-state index contributed by atoms with van der Waals surface area (Å²) < 4.78 is 10.7. The molecule has 3 atom stereocenters. The van der Waals surface area contributed by atoms with Crippen molar-refractivity contribution in [3.8, 4) is 0 Å². The molecule has 0 unspecified atom stereocenters. The van der Waals surface area contributed by atoms with Crippen molar-refractivity contribution in [3.63, 3.8) is 0 Å². The van der Waals surface area contributed by atoms with Gasteiger partial charge in [-0.3, -0.25) is 9.59 Å². The van der Waals surface area contributed by atoms with Gasteiger partial charge in [-0.1, -0.05) is 30.3 Å². The first-order valence-corrected chi connectivity index (χ1v) is 6.55. The molecule has 0 N–H and O–H groups in total. The van der Waals surface area contributed by atoms with Gasteiger partial charge in [-0.2, -0.15) is 0 Å². The van der Waals surface area contributed by atoms with Crippen LogP contribution in [-0.4, -0.2) is 18.0 Å². The van der Waals surface area contributed by atoms with Crippen molar-refractivity contribution < 1.29 is 19.1 Å². The molecule has 100 valence electrons. The normalized spacial score (nSPS) is 34.6. The summed E-state index contributed by atoms with van der Waals surface area (Å²) in [6.45, 7) is 1.94. The minimum absolute atomic E-state index is 0.0580. The van der Waals surface area contributed by atoms with Crippen LogP contribution in [0.2, 0.25) is 0 Å². The van der Waals surface area contributed by atoms with E-state index in [1.165, 1.54) is 0 Å².